The molecule has 0 aliphatic carbocycles. The molecular formula is C17H26O8. The van der Waals surface area contributed by atoms with Crippen LogP contribution in [0.1, 0.15) is 40.0 Å². The molecular weight excluding hydrogens is 332 g/mol. The second-order valence-electron chi connectivity index (χ2n) is 5.33. The van der Waals surface area contributed by atoms with Crippen LogP contribution in [0.5, 0.6) is 0 Å². The maximum atomic E-state index is 11.4. The van der Waals surface area contributed by atoms with Gasteiger partial charge in [-0.2, -0.15) is 0 Å². The molecule has 0 saturated heterocycles. The van der Waals surface area contributed by atoms with Gasteiger partial charge in [-0.05, 0) is 13.3 Å². The summed E-state index contributed by atoms with van der Waals surface area (Å²) in [5.41, 5.74) is 0.254. The summed E-state index contributed by atoms with van der Waals surface area (Å²) in [5, 5.41) is 0. The molecule has 0 saturated carbocycles. The van der Waals surface area contributed by atoms with Gasteiger partial charge in [0.05, 0.1) is 18.8 Å². The van der Waals surface area contributed by atoms with Gasteiger partial charge in [-0.3, -0.25) is 14.4 Å². The molecule has 0 heterocycles. The summed E-state index contributed by atoms with van der Waals surface area (Å²) in [6.07, 6.45) is 0.372. The highest BCUT2D eigenvalue weighted by Gasteiger charge is 2.13. The molecule has 8 heteroatoms. The van der Waals surface area contributed by atoms with Crippen LogP contribution in [0.4, 0.5) is 0 Å². The van der Waals surface area contributed by atoms with E-state index in [1.165, 1.54) is 6.92 Å². The molecule has 0 amide bonds. The van der Waals surface area contributed by atoms with Gasteiger partial charge in [0.1, 0.15) is 26.4 Å². The van der Waals surface area contributed by atoms with Crippen LogP contribution in [-0.4, -0.2) is 50.3 Å². The van der Waals surface area contributed by atoms with Gasteiger partial charge >= 0.3 is 23.9 Å². The maximum absolute atomic E-state index is 11.4. The number of rotatable bonds is 12. The molecule has 1 atom stereocenters. The zero-order valence-corrected chi connectivity index (χ0v) is 15.0. The van der Waals surface area contributed by atoms with Gasteiger partial charge in [0.2, 0.25) is 0 Å². The molecule has 0 fully saturated rings. The van der Waals surface area contributed by atoms with Crippen molar-refractivity contribution in [3.63, 3.8) is 0 Å². The SMILES string of the molecule is C=C(C)C(=O)OCCOC(=O)CCC(=O)OCCOC(=O)C(C)CC. The van der Waals surface area contributed by atoms with Crippen LogP contribution in [0.3, 0.4) is 0 Å². The summed E-state index contributed by atoms with van der Waals surface area (Å²) in [7, 11) is 0. The Bertz CT molecular complexity index is 483. The van der Waals surface area contributed by atoms with E-state index in [4.69, 9.17) is 18.9 Å². The first-order chi connectivity index (χ1) is 11.8. The van der Waals surface area contributed by atoms with E-state index in [0.717, 1.165) is 0 Å². The Hall–Kier alpha value is -2.38. The predicted molar refractivity (Wildman–Crippen MR) is 87.3 cm³/mol. The highest BCUT2D eigenvalue weighted by atomic mass is 16.6. The van der Waals surface area contributed by atoms with E-state index in [0.29, 0.717) is 6.42 Å². The van der Waals surface area contributed by atoms with Crippen LogP contribution < -0.4 is 0 Å². The lowest BCUT2D eigenvalue weighted by Crippen LogP contribution is -2.19. The van der Waals surface area contributed by atoms with E-state index in [9.17, 15) is 19.2 Å². The Kier molecular flexibility index (Phi) is 11.7. The van der Waals surface area contributed by atoms with Crippen molar-refractivity contribution in [2.45, 2.75) is 40.0 Å². The third-order valence-corrected chi connectivity index (χ3v) is 3.07. The quantitative estimate of drug-likeness (QED) is 0.224. The average molecular weight is 358 g/mol. The van der Waals surface area contributed by atoms with Crippen molar-refractivity contribution in [2.75, 3.05) is 26.4 Å². The largest absolute Gasteiger partial charge is 0.462 e. The first-order valence-corrected chi connectivity index (χ1v) is 8.08. The lowest BCUT2D eigenvalue weighted by Gasteiger charge is -2.09. The lowest BCUT2D eigenvalue weighted by molar-refractivity contribution is -0.156. The van der Waals surface area contributed by atoms with Gasteiger partial charge in [0.15, 0.2) is 0 Å². The Morgan fingerprint density at radius 1 is 0.840 bits per heavy atom. The summed E-state index contributed by atoms with van der Waals surface area (Å²) in [6.45, 7) is 8.27. The molecule has 1 unspecified atom stereocenters. The number of esters is 4. The zero-order valence-electron chi connectivity index (χ0n) is 15.0. The number of carbonyl (C=O) groups excluding carboxylic acids is 4. The maximum Gasteiger partial charge on any atom is 0.333 e. The molecule has 8 nitrogen and oxygen atoms in total. The van der Waals surface area contributed by atoms with Crippen molar-refractivity contribution >= 4 is 23.9 Å². The topological polar surface area (TPSA) is 105 Å². The number of hydrogen-bond donors (Lipinski definition) is 0. The standard InChI is InChI=1S/C17H26O8/c1-5-13(4)17(21)25-11-9-23-15(19)7-6-14(18)22-8-10-24-16(20)12(2)3/h13H,2,5-11H2,1,3-4H3. The van der Waals surface area contributed by atoms with Crippen molar-refractivity contribution in [1.29, 1.82) is 0 Å². The first kappa shape index (κ1) is 22.6. The molecule has 0 aromatic carbocycles. The van der Waals surface area contributed by atoms with Gasteiger partial charge < -0.3 is 18.9 Å². The molecule has 25 heavy (non-hydrogen) atoms. The van der Waals surface area contributed by atoms with Crippen molar-refractivity contribution in [1.82, 2.24) is 0 Å². The second kappa shape index (κ2) is 13.0. The van der Waals surface area contributed by atoms with Crippen LogP contribution in [0, 0.1) is 5.92 Å². The summed E-state index contributed by atoms with van der Waals surface area (Å²) in [5.74, 6) is -2.29. The normalized spacial score (nSPS) is 11.2. The lowest BCUT2D eigenvalue weighted by atomic mass is 10.1. The van der Waals surface area contributed by atoms with Crippen molar-refractivity contribution < 1.29 is 38.1 Å². The van der Waals surface area contributed by atoms with Crippen molar-refractivity contribution in [3.8, 4) is 0 Å². The third kappa shape index (κ3) is 11.7. The minimum Gasteiger partial charge on any atom is -0.462 e. The van der Waals surface area contributed by atoms with E-state index in [2.05, 4.69) is 6.58 Å². The molecule has 0 aliphatic heterocycles. The Balaban J connectivity index is 3.67. The minimum absolute atomic E-state index is 0.0204. The molecule has 0 spiro atoms. The van der Waals surface area contributed by atoms with Crippen LogP contribution in [0.15, 0.2) is 12.2 Å². The number of ether oxygens (including phenoxy) is 4. The Morgan fingerprint density at radius 2 is 1.28 bits per heavy atom. The second-order valence-corrected chi connectivity index (χ2v) is 5.33. The summed E-state index contributed by atoms with van der Waals surface area (Å²) >= 11 is 0. The summed E-state index contributed by atoms with van der Waals surface area (Å²) in [4.78, 5) is 45.3. The van der Waals surface area contributed by atoms with E-state index >= 15 is 0 Å². The zero-order chi connectivity index (χ0) is 19.2. The molecule has 0 aromatic rings. The number of hydrogen-bond acceptors (Lipinski definition) is 8. The van der Waals surface area contributed by atoms with Crippen LogP contribution in [0.25, 0.3) is 0 Å². The van der Waals surface area contributed by atoms with E-state index in [1.54, 1.807) is 6.92 Å². The molecule has 0 rings (SSSR count). The molecule has 0 aromatic heterocycles. The summed E-state index contributed by atoms with van der Waals surface area (Å²) in [6, 6.07) is 0. The fourth-order valence-corrected chi connectivity index (χ4v) is 1.37. The van der Waals surface area contributed by atoms with Crippen LogP contribution in [-0.2, 0) is 38.1 Å². The Labute approximate surface area is 147 Å². The third-order valence-electron chi connectivity index (χ3n) is 3.07. The molecule has 142 valence electrons. The smallest absolute Gasteiger partial charge is 0.333 e. The van der Waals surface area contributed by atoms with E-state index < -0.39 is 17.9 Å². The first-order valence-electron chi connectivity index (χ1n) is 8.08. The van der Waals surface area contributed by atoms with E-state index in [-0.39, 0.29) is 56.7 Å². The van der Waals surface area contributed by atoms with Gasteiger partial charge in [-0.15, -0.1) is 0 Å². The van der Waals surface area contributed by atoms with Gasteiger partial charge in [0, 0.05) is 5.57 Å². The fourth-order valence-electron chi connectivity index (χ4n) is 1.37. The summed E-state index contributed by atoms with van der Waals surface area (Å²) < 4.78 is 19.3. The molecule has 0 radical (unpaired) electrons. The van der Waals surface area contributed by atoms with Crippen LogP contribution >= 0.6 is 0 Å². The van der Waals surface area contributed by atoms with E-state index in [1.807, 2.05) is 6.92 Å². The Morgan fingerprint density at radius 3 is 1.72 bits per heavy atom. The molecule has 0 aliphatic rings. The average Bonchev–Trinajstić information content (AvgIpc) is 2.59. The van der Waals surface area contributed by atoms with Gasteiger partial charge in [-0.25, -0.2) is 4.79 Å². The van der Waals surface area contributed by atoms with Crippen molar-refractivity contribution in [2.24, 2.45) is 5.92 Å². The van der Waals surface area contributed by atoms with Crippen molar-refractivity contribution in [3.05, 3.63) is 12.2 Å². The van der Waals surface area contributed by atoms with Gasteiger partial charge in [0.25, 0.3) is 0 Å². The van der Waals surface area contributed by atoms with Crippen LogP contribution in [0.2, 0.25) is 0 Å². The predicted octanol–water partition coefficient (Wildman–Crippen LogP) is 1.56. The number of carbonyl (C=O) groups is 4. The monoisotopic (exact) mass is 358 g/mol. The molecule has 0 bridgehead atoms. The fraction of sp³-hybridized carbons (Fsp3) is 0.647. The van der Waals surface area contributed by atoms with Gasteiger partial charge in [-0.1, -0.05) is 20.4 Å². The molecule has 0 N–H and O–H groups in total. The minimum atomic E-state index is -0.605. The highest BCUT2D eigenvalue weighted by Crippen LogP contribution is 2.03. The highest BCUT2D eigenvalue weighted by molar-refractivity contribution is 5.86.